The molecule has 0 fully saturated rings. The van der Waals surface area contributed by atoms with Crippen molar-refractivity contribution in [2.75, 3.05) is 41.0 Å². The first-order valence-electron chi connectivity index (χ1n) is 7.70. The maximum Gasteiger partial charge on any atom is 0.123 e. The van der Waals surface area contributed by atoms with Crippen molar-refractivity contribution in [1.82, 2.24) is 10.2 Å². The van der Waals surface area contributed by atoms with Crippen LogP contribution in [0.1, 0.15) is 37.4 Å². The molecule has 1 N–H and O–H groups in total. The van der Waals surface area contributed by atoms with Gasteiger partial charge < -0.3 is 14.8 Å². The number of hydrogen-bond acceptors (Lipinski definition) is 4. The van der Waals surface area contributed by atoms with Crippen molar-refractivity contribution >= 4 is 0 Å². The second-order valence-corrected chi connectivity index (χ2v) is 5.48. The molecule has 0 aliphatic heterocycles. The van der Waals surface area contributed by atoms with E-state index in [1.54, 1.807) is 14.2 Å². The van der Waals surface area contributed by atoms with Crippen molar-refractivity contribution in [2.45, 2.75) is 32.9 Å². The third kappa shape index (κ3) is 6.04. The summed E-state index contributed by atoms with van der Waals surface area (Å²) < 4.78 is 10.6. The molecule has 0 amide bonds. The van der Waals surface area contributed by atoms with Crippen LogP contribution in [0.15, 0.2) is 18.2 Å². The van der Waals surface area contributed by atoms with E-state index in [9.17, 15) is 0 Å². The summed E-state index contributed by atoms with van der Waals surface area (Å²) in [4.78, 5) is 2.25. The van der Waals surface area contributed by atoms with E-state index in [4.69, 9.17) is 9.47 Å². The Morgan fingerprint density at radius 3 is 2.67 bits per heavy atom. The normalized spacial score (nSPS) is 12.7. The quantitative estimate of drug-likeness (QED) is 0.719. The molecule has 4 heteroatoms. The highest BCUT2D eigenvalue weighted by Gasteiger charge is 2.11. The maximum absolute atomic E-state index is 5.49. The van der Waals surface area contributed by atoms with Crippen LogP contribution in [0.2, 0.25) is 0 Å². The van der Waals surface area contributed by atoms with Gasteiger partial charge in [0.25, 0.3) is 0 Å². The highest BCUT2D eigenvalue weighted by atomic mass is 16.5. The minimum Gasteiger partial charge on any atom is -0.496 e. The number of nitrogens with one attached hydrogen (secondary N) is 1. The number of rotatable bonds is 10. The molecule has 0 heterocycles. The molecule has 0 bridgehead atoms. The van der Waals surface area contributed by atoms with Crippen molar-refractivity contribution in [3.8, 4) is 5.75 Å². The smallest absolute Gasteiger partial charge is 0.123 e. The van der Waals surface area contributed by atoms with Crippen LogP contribution < -0.4 is 10.1 Å². The maximum atomic E-state index is 5.49. The number of hydrogen-bond donors (Lipinski definition) is 1. The predicted molar refractivity (Wildman–Crippen MR) is 87.9 cm³/mol. The van der Waals surface area contributed by atoms with Crippen molar-refractivity contribution < 1.29 is 9.47 Å². The molecule has 0 saturated carbocycles. The fourth-order valence-electron chi connectivity index (χ4n) is 2.29. The van der Waals surface area contributed by atoms with Gasteiger partial charge in [0.05, 0.1) is 13.7 Å². The predicted octanol–water partition coefficient (Wildman–Crippen LogP) is 2.83. The third-order valence-electron chi connectivity index (χ3n) is 3.62. The topological polar surface area (TPSA) is 33.7 Å². The van der Waals surface area contributed by atoms with Crippen molar-refractivity contribution in [1.29, 1.82) is 0 Å². The van der Waals surface area contributed by atoms with Gasteiger partial charge in [0.15, 0.2) is 0 Å². The van der Waals surface area contributed by atoms with Crippen LogP contribution in [-0.4, -0.2) is 45.9 Å². The van der Waals surface area contributed by atoms with Gasteiger partial charge in [-0.1, -0.05) is 13.0 Å². The van der Waals surface area contributed by atoms with Crippen molar-refractivity contribution in [3.63, 3.8) is 0 Å². The highest BCUT2D eigenvalue weighted by molar-refractivity contribution is 5.38. The molecule has 0 aliphatic rings. The van der Waals surface area contributed by atoms with Gasteiger partial charge in [-0.3, -0.25) is 4.90 Å². The zero-order chi connectivity index (χ0) is 15.7. The molecule has 1 rings (SSSR count). The molecule has 0 aromatic heterocycles. The van der Waals surface area contributed by atoms with Crippen LogP contribution in [0.3, 0.4) is 0 Å². The number of benzene rings is 1. The molecule has 1 unspecified atom stereocenters. The first-order chi connectivity index (χ1) is 10.1. The fourth-order valence-corrected chi connectivity index (χ4v) is 2.29. The van der Waals surface area contributed by atoms with Gasteiger partial charge in [0.1, 0.15) is 5.75 Å². The van der Waals surface area contributed by atoms with Crippen LogP contribution in [0.4, 0.5) is 0 Å². The number of methoxy groups -OCH3 is 2. The second kappa shape index (κ2) is 9.77. The van der Waals surface area contributed by atoms with E-state index in [1.165, 1.54) is 11.1 Å². The van der Waals surface area contributed by atoms with E-state index < -0.39 is 0 Å². The van der Waals surface area contributed by atoms with Gasteiger partial charge >= 0.3 is 0 Å². The molecule has 0 spiro atoms. The van der Waals surface area contributed by atoms with E-state index in [-0.39, 0.29) is 0 Å². The summed E-state index contributed by atoms with van der Waals surface area (Å²) >= 11 is 0. The Labute approximate surface area is 129 Å². The van der Waals surface area contributed by atoms with Crippen molar-refractivity contribution in [2.24, 2.45) is 0 Å². The standard InChI is InChI=1S/C17H30N2O2/c1-6-9-18-14(2)15-7-8-17(21-5)16(12-15)13-19(3)10-11-20-4/h7-8,12,14,18H,6,9-11,13H2,1-5H3. The summed E-state index contributed by atoms with van der Waals surface area (Å²) in [6.45, 7) is 7.94. The number of likely N-dealkylation sites (N-methyl/N-ethyl adjacent to an activating group) is 1. The van der Waals surface area contributed by atoms with Crippen LogP contribution in [0.25, 0.3) is 0 Å². The Balaban J connectivity index is 2.79. The van der Waals surface area contributed by atoms with Gasteiger partial charge in [-0.15, -0.1) is 0 Å². The Hall–Kier alpha value is -1.10. The first kappa shape index (κ1) is 18.0. The Kier molecular flexibility index (Phi) is 8.35. The zero-order valence-corrected chi connectivity index (χ0v) is 14.1. The van der Waals surface area contributed by atoms with Crippen molar-refractivity contribution in [3.05, 3.63) is 29.3 Å². The van der Waals surface area contributed by atoms with Crippen LogP contribution in [-0.2, 0) is 11.3 Å². The van der Waals surface area contributed by atoms with Crippen LogP contribution >= 0.6 is 0 Å². The third-order valence-corrected chi connectivity index (χ3v) is 3.62. The average Bonchev–Trinajstić information content (AvgIpc) is 2.50. The number of ether oxygens (including phenoxy) is 2. The molecule has 0 radical (unpaired) electrons. The molecule has 1 aromatic carbocycles. The highest BCUT2D eigenvalue weighted by Crippen LogP contribution is 2.24. The van der Waals surface area contributed by atoms with E-state index in [0.717, 1.165) is 38.4 Å². The molecule has 21 heavy (non-hydrogen) atoms. The largest absolute Gasteiger partial charge is 0.496 e. The molecule has 0 aliphatic carbocycles. The van der Waals surface area contributed by atoms with Gasteiger partial charge in [0.2, 0.25) is 0 Å². The minimum absolute atomic E-state index is 0.360. The van der Waals surface area contributed by atoms with Gasteiger partial charge in [-0.2, -0.15) is 0 Å². The summed E-state index contributed by atoms with van der Waals surface area (Å²) in [6, 6.07) is 6.82. The molecular weight excluding hydrogens is 264 g/mol. The molecule has 1 aromatic rings. The summed E-state index contributed by atoms with van der Waals surface area (Å²) in [7, 11) is 5.56. The summed E-state index contributed by atoms with van der Waals surface area (Å²) in [6.07, 6.45) is 1.15. The SMILES string of the molecule is CCCNC(C)c1ccc(OC)c(CN(C)CCOC)c1. The van der Waals surface area contributed by atoms with E-state index in [2.05, 4.69) is 49.3 Å². The Bertz CT molecular complexity index is 410. The fraction of sp³-hybridized carbons (Fsp3) is 0.647. The molecular formula is C17H30N2O2. The van der Waals surface area contributed by atoms with Gasteiger partial charge in [0, 0.05) is 31.8 Å². The number of nitrogens with zero attached hydrogens (tertiary/aromatic N) is 1. The molecule has 4 nitrogen and oxygen atoms in total. The lowest BCUT2D eigenvalue weighted by Gasteiger charge is -2.20. The lowest BCUT2D eigenvalue weighted by atomic mass is 10.0. The van der Waals surface area contributed by atoms with Crippen LogP contribution in [0.5, 0.6) is 5.75 Å². The minimum atomic E-state index is 0.360. The summed E-state index contributed by atoms with van der Waals surface area (Å²) in [5.74, 6) is 0.950. The molecule has 1 atom stereocenters. The first-order valence-corrected chi connectivity index (χ1v) is 7.70. The van der Waals surface area contributed by atoms with E-state index >= 15 is 0 Å². The lowest BCUT2D eigenvalue weighted by molar-refractivity contribution is 0.158. The van der Waals surface area contributed by atoms with Gasteiger partial charge in [-0.25, -0.2) is 0 Å². The molecule has 0 saturated heterocycles. The summed E-state index contributed by atoms with van der Waals surface area (Å²) in [5.41, 5.74) is 2.53. The Morgan fingerprint density at radius 1 is 1.29 bits per heavy atom. The van der Waals surface area contributed by atoms with Crippen LogP contribution in [0, 0.1) is 0 Å². The van der Waals surface area contributed by atoms with Gasteiger partial charge in [-0.05, 0) is 44.6 Å². The Morgan fingerprint density at radius 2 is 2.05 bits per heavy atom. The molecule has 120 valence electrons. The summed E-state index contributed by atoms with van der Waals surface area (Å²) in [5, 5.41) is 3.53. The lowest BCUT2D eigenvalue weighted by Crippen LogP contribution is -2.23. The average molecular weight is 294 g/mol. The van der Waals surface area contributed by atoms with E-state index in [1.807, 2.05) is 0 Å². The monoisotopic (exact) mass is 294 g/mol. The zero-order valence-electron chi connectivity index (χ0n) is 14.1. The second-order valence-electron chi connectivity index (χ2n) is 5.48. The van der Waals surface area contributed by atoms with E-state index in [0.29, 0.717) is 6.04 Å².